The highest BCUT2D eigenvalue weighted by Gasteiger charge is 2.12. The minimum atomic E-state index is 0.256. The van der Waals surface area contributed by atoms with E-state index in [2.05, 4.69) is 25.3 Å². The summed E-state index contributed by atoms with van der Waals surface area (Å²) in [6, 6.07) is 15.0. The maximum Gasteiger partial charge on any atom is 0.248 e. The summed E-state index contributed by atoms with van der Waals surface area (Å²) in [6.07, 6.45) is 4.78. The molecular weight excluding hydrogens is 316 g/mol. The first kappa shape index (κ1) is 14.8. The Balaban J connectivity index is 1.68. The van der Waals surface area contributed by atoms with Crippen LogP contribution >= 0.6 is 0 Å². The number of aromatic nitrogens is 4. The van der Waals surface area contributed by atoms with E-state index >= 15 is 0 Å². The smallest absolute Gasteiger partial charge is 0.248 e. The van der Waals surface area contributed by atoms with Crippen molar-refractivity contribution in [2.45, 2.75) is 0 Å². The Labute approximate surface area is 143 Å². The van der Waals surface area contributed by atoms with E-state index in [9.17, 15) is 0 Å². The molecule has 7 nitrogen and oxygen atoms in total. The first-order valence-corrected chi connectivity index (χ1v) is 7.61. The predicted molar refractivity (Wildman–Crippen MR) is 95.8 cm³/mol. The molecule has 3 aromatic heterocycles. The molecule has 7 heteroatoms. The number of ether oxygens (including phenoxy) is 1. The van der Waals surface area contributed by atoms with Crippen molar-refractivity contribution >= 4 is 28.2 Å². The van der Waals surface area contributed by atoms with Gasteiger partial charge in [-0.05, 0) is 24.3 Å². The molecule has 25 heavy (non-hydrogen) atoms. The number of hydrogen-bond acceptors (Lipinski definition) is 7. The number of nitrogens with one attached hydrogen (secondary N) is 1. The molecular formula is C18H14N6O. The number of fused-ring (bicyclic) bond motifs is 1. The minimum Gasteiger partial charge on any atom is -0.435 e. The Morgan fingerprint density at radius 1 is 0.840 bits per heavy atom. The second kappa shape index (κ2) is 6.40. The van der Waals surface area contributed by atoms with Crippen molar-refractivity contribution in [2.24, 2.45) is 0 Å². The number of para-hydroxylation sites is 1. The van der Waals surface area contributed by atoms with Gasteiger partial charge in [0.2, 0.25) is 5.88 Å². The fraction of sp³-hybridized carbons (Fsp3) is 0. The van der Waals surface area contributed by atoms with Gasteiger partial charge in [-0.15, -0.1) is 0 Å². The van der Waals surface area contributed by atoms with Crippen molar-refractivity contribution in [2.75, 3.05) is 11.1 Å². The van der Waals surface area contributed by atoms with Crippen LogP contribution in [0.5, 0.6) is 11.6 Å². The predicted octanol–water partition coefficient (Wildman–Crippen LogP) is 3.54. The van der Waals surface area contributed by atoms with Crippen molar-refractivity contribution < 1.29 is 4.74 Å². The topological polar surface area (TPSA) is 98.8 Å². The van der Waals surface area contributed by atoms with Crippen LogP contribution in [0.3, 0.4) is 0 Å². The molecule has 3 heterocycles. The molecule has 0 spiro atoms. The highest BCUT2D eigenvalue weighted by molar-refractivity contribution is 5.84. The van der Waals surface area contributed by atoms with Crippen LogP contribution in [-0.4, -0.2) is 19.9 Å². The number of rotatable bonds is 4. The average Bonchev–Trinajstić information content (AvgIpc) is 2.66. The van der Waals surface area contributed by atoms with E-state index in [0.29, 0.717) is 23.1 Å². The van der Waals surface area contributed by atoms with Crippen LogP contribution in [0, 0.1) is 0 Å². The SMILES string of the molecule is Nc1c(Nc2ccccn2)ncnc1Oc1cccc2cccnc12. The van der Waals surface area contributed by atoms with Gasteiger partial charge in [0.05, 0.1) is 0 Å². The Morgan fingerprint density at radius 3 is 2.60 bits per heavy atom. The number of nitrogens with zero attached hydrogens (tertiary/aromatic N) is 4. The summed E-state index contributed by atoms with van der Waals surface area (Å²) in [7, 11) is 0. The average molecular weight is 330 g/mol. The van der Waals surface area contributed by atoms with Gasteiger partial charge in [-0.25, -0.2) is 9.97 Å². The third-order valence-electron chi connectivity index (χ3n) is 3.56. The zero-order valence-corrected chi connectivity index (χ0v) is 13.1. The van der Waals surface area contributed by atoms with Gasteiger partial charge in [0, 0.05) is 17.8 Å². The number of benzene rings is 1. The monoisotopic (exact) mass is 330 g/mol. The van der Waals surface area contributed by atoms with Crippen LogP contribution in [0.4, 0.5) is 17.3 Å². The van der Waals surface area contributed by atoms with Crippen LogP contribution < -0.4 is 15.8 Å². The number of pyridine rings is 2. The summed E-state index contributed by atoms with van der Waals surface area (Å²) in [5.41, 5.74) is 7.19. The number of anilines is 3. The van der Waals surface area contributed by atoms with Crippen LogP contribution in [0.25, 0.3) is 10.9 Å². The van der Waals surface area contributed by atoms with Gasteiger partial charge in [0.15, 0.2) is 11.6 Å². The molecule has 4 aromatic rings. The molecule has 0 radical (unpaired) electrons. The molecule has 0 saturated heterocycles. The van der Waals surface area contributed by atoms with Crippen molar-refractivity contribution in [3.8, 4) is 11.6 Å². The van der Waals surface area contributed by atoms with Gasteiger partial charge >= 0.3 is 0 Å². The van der Waals surface area contributed by atoms with Crippen LogP contribution in [0.1, 0.15) is 0 Å². The Bertz CT molecular complexity index is 1020. The number of nitrogen functional groups attached to an aromatic ring is 1. The largest absolute Gasteiger partial charge is 0.435 e. The van der Waals surface area contributed by atoms with Gasteiger partial charge in [-0.3, -0.25) is 4.98 Å². The Kier molecular flexibility index (Phi) is 3.80. The maximum atomic E-state index is 6.16. The normalized spacial score (nSPS) is 10.6. The molecule has 0 atom stereocenters. The summed E-state index contributed by atoms with van der Waals surface area (Å²) in [5.74, 6) is 1.89. The molecule has 122 valence electrons. The van der Waals surface area contributed by atoms with Crippen molar-refractivity contribution in [1.82, 2.24) is 19.9 Å². The third-order valence-corrected chi connectivity index (χ3v) is 3.56. The van der Waals surface area contributed by atoms with Gasteiger partial charge in [-0.2, -0.15) is 4.98 Å². The molecule has 0 unspecified atom stereocenters. The molecule has 1 aromatic carbocycles. The standard InChI is InChI=1S/C18H14N6O/c19-15-17(24-14-8-1-2-9-20-14)22-11-23-18(15)25-13-7-3-5-12-6-4-10-21-16(12)13/h1-11H,19H2,(H,20,22,23,24). The van der Waals surface area contributed by atoms with E-state index in [1.54, 1.807) is 12.4 Å². The van der Waals surface area contributed by atoms with E-state index in [0.717, 1.165) is 10.9 Å². The fourth-order valence-electron chi connectivity index (χ4n) is 2.38. The Morgan fingerprint density at radius 2 is 1.72 bits per heavy atom. The van der Waals surface area contributed by atoms with E-state index in [1.165, 1.54) is 6.33 Å². The zero-order valence-electron chi connectivity index (χ0n) is 13.1. The van der Waals surface area contributed by atoms with Crippen LogP contribution in [0.15, 0.2) is 67.3 Å². The molecule has 0 aliphatic carbocycles. The lowest BCUT2D eigenvalue weighted by molar-refractivity contribution is 0.469. The molecule has 0 fully saturated rings. The van der Waals surface area contributed by atoms with Crippen LogP contribution in [-0.2, 0) is 0 Å². The fourth-order valence-corrected chi connectivity index (χ4v) is 2.38. The number of nitrogens with two attached hydrogens (primary N) is 1. The molecule has 0 bridgehead atoms. The van der Waals surface area contributed by atoms with Gasteiger partial charge < -0.3 is 15.8 Å². The highest BCUT2D eigenvalue weighted by Crippen LogP contribution is 2.33. The molecule has 0 saturated carbocycles. The van der Waals surface area contributed by atoms with Gasteiger partial charge in [-0.1, -0.05) is 24.3 Å². The minimum absolute atomic E-state index is 0.256. The summed E-state index contributed by atoms with van der Waals surface area (Å²) in [4.78, 5) is 16.8. The lowest BCUT2D eigenvalue weighted by Gasteiger charge is -2.12. The van der Waals surface area contributed by atoms with E-state index in [4.69, 9.17) is 10.5 Å². The molecule has 0 aliphatic heterocycles. The second-order valence-electron chi connectivity index (χ2n) is 5.21. The second-order valence-corrected chi connectivity index (χ2v) is 5.21. The summed E-state index contributed by atoms with van der Waals surface area (Å²) in [5, 5.41) is 4.02. The summed E-state index contributed by atoms with van der Waals surface area (Å²) >= 11 is 0. The lowest BCUT2D eigenvalue weighted by Crippen LogP contribution is -2.04. The van der Waals surface area contributed by atoms with Crippen LogP contribution in [0.2, 0.25) is 0 Å². The molecule has 3 N–H and O–H groups in total. The molecule has 0 amide bonds. The molecule has 0 aliphatic rings. The van der Waals surface area contributed by atoms with Crippen molar-refractivity contribution in [1.29, 1.82) is 0 Å². The zero-order chi connectivity index (χ0) is 17.1. The van der Waals surface area contributed by atoms with E-state index in [1.807, 2.05) is 48.5 Å². The van der Waals surface area contributed by atoms with E-state index in [-0.39, 0.29) is 5.88 Å². The maximum absolute atomic E-state index is 6.16. The Hall–Kier alpha value is -3.74. The van der Waals surface area contributed by atoms with Crippen molar-refractivity contribution in [3.63, 3.8) is 0 Å². The van der Waals surface area contributed by atoms with Crippen molar-refractivity contribution in [3.05, 3.63) is 67.3 Å². The van der Waals surface area contributed by atoms with Gasteiger partial charge in [0.25, 0.3) is 0 Å². The first-order chi connectivity index (χ1) is 12.3. The lowest BCUT2D eigenvalue weighted by atomic mass is 10.2. The third kappa shape index (κ3) is 3.02. The molecule has 4 rings (SSSR count). The number of hydrogen-bond donors (Lipinski definition) is 2. The highest BCUT2D eigenvalue weighted by atomic mass is 16.5. The summed E-state index contributed by atoms with van der Waals surface area (Å²) in [6.45, 7) is 0. The van der Waals surface area contributed by atoms with E-state index < -0.39 is 0 Å². The first-order valence-electron chi connectivity index (χ1n) is 7.61. The quantitative estimate of drug-likeness (QED) is 0.590. The summed E-state index contributed by atoms with van der Waals surface area (Å²) < 4.78 is 5.90. The van der Waals surface area contributed by atoms with Gasteiger partial charge in [0.1, 0.15) is 23.3 Å².